The Morgan fingerprint density at radius 3 is 2.62 bits per heavy atom. The van der Waals surface area contributed by atoms with Crippen LogP contribution in [0.1, 0.15) is 36.0 Å². The summed E-state index contributed by atoms with van der Waals surface area (Å²) in [6.45, 7) is 4.03. The van der Waals surface area contributed by atoms with E-state index in [0.717, 1.165) is 38.1 Å². The lowest BCUT2D eigenvalue weighted by Gasteiger charge is -2.18. The van der Waals surface area contributed by atoms with E-state index in [1.807, 2.05) is 18.2 Å². The van der Waals surface area contributed by atoms with Crippen molar-refractivity contribution in [2.45, 2.75) is 49.8 Å². The molecule has 2 aliphatic rings. The number of rotatable bonds is 7. The second-order valence-electron chi connectivity index (χ2n) is 7.90. The average molecular weight is 412 g/mol. The van der Waals surface area contributed by atoms with Gasteiger partial charge in [0.15, 0.2) is 0 Å². The Bertz CT molecular complexity index is 1020. The first kappa shape index (κ1) is 19.9. The van der Waals surface area contributed by atoms with E-state index in [9.17, 15) is 8.42 Å². The first-order valence-electron chi connectivity index (χ1n) is 9.94. The van der Waals surface area contributed by atoms with E-state index in [1.54, 1.807) is 19.1 Å². The van der Waals surface area contributed by atoms with E-state index in [1.165, 1.54) is 11.6 Å². The molecule has 0 bridgehead atoms. The topological polar surface area (TPSA) is 82.4 Å². The number of nitrogens with one attached hydrogen (secondary N) is 1. The number of aryl methyl sites for hydroxylation is 1. The maximum absolute atomic E-state index is 12.8. The summed E-state index contributed by atoms with van der Waals surface area (Å²) in [6, 6.07) is 14.8. The van der Waals surface area contributed by atoms with Crippen LogP contribution in [0.5, 0.6) is 5.75 Å². The minimum absolute atomic E-state index is 0.136. The van der Waals surface area contributed by atoms with Crippen molar-refractivity contribution in [3.8, 4) is 11.8 Å². The van der Waals surface area contributed by atoms with Crippen LogP contribution < -0.4 is 9.46 Å². The fraction of sp³-hybridized carbons (Fsp3) is 0.409. The maximum Gasteiger partial charge on any atom is 0.241 e. The smallest absolute Gasteiger partial charge is 0.241 e. The Balaban J connectivity index is 1.35. The molecule has 0 radical (unpaired) electrons. The lowest BCUT2D eigenvalue weighted by Crippen LogP contribution is -2.37. The van der Waals surface area contributed by atoms with E-state index in [0.29, 0.717) is 23.8 Å². The normalized spacial score (nSPS) is 19.8. The molecule has 4 rings (SSSR count). The third-order valence-electron chi connectivity index (χ3n) is 5.36. The molecule has 2 fully saturated rings. The minimum atomic E-state index is -3.66. The molecule has 1 aliphatic heterocycles. The van der Waals surface area contributed by atoms with Gasteiger partial charge in [-0.3, -0.25) is 4.90 Å². The average Bonchev–Trinajstić information content (AvgIpc) is 3.41. The molecule has 29 heavy (non-hydrogen) atoms. The summed E-state index contributed by atoms with van der Waals surface area (Å²) >= 11 is 0. The second kappa shape index (κ2) is 8.15. The third kappa shape index (κ3) is 4.96. The van der Waals surface area contributed by atoms with Gasteiger partial charge in [0.25, 0.3) is 0 Å². The van der Waals surface area contributed by atoms with Crippen LogP contribution in [0, 0.1) is 18.3 Å². The molecule has 1 saturated heterocycles. The van der Waals surface area contributed by atoms with Crippen LogP contribution in [0.3, 0.4) is 0 Å². The molecular weight excluding hydrogens is 386 g/mol. The van der Waals surface area contributed by atoms with Gasteiger partial charge in [-0.05, 0) is 61.6 Å². The first-order valence-corrected chi connectivity index (χ1v) is 11.4. The molecule has 1 N–H and O–H groups in total. The summed E-state index contributed by atoms with van der Waals surface area (Å²) in [6.07, 6.45) is 3.45. The highest BCUT2D eigenvalue weighted by molar-refractivity contribution is 7.89. The van der Waals surface area contributed by atoms with Crippen LogP contribution in [-0.4, -0.2) is 38.6 Å². The quantitative estimate of drug-likeness (QED) is 0.757. The summed E-state index contributed by atoms with van der Waals surface area (Å²) in [5.74, 6) is 0.915. The van der Waals surface area contributed by atoms with Gasteiger partial charge in [-0.15, -0.1) is 0 Å². The van der Waals surface area contributed by atoms with Crippen LogP contribution in [0.2, 0.25) is 0 Å². The summed E-state index contributed by atoms with van der Waals surface area (Å²) in [5.41, 5.74) is 2.17. The Kier molecular flexibility index (Phi) is 5.59. The van der Waals surface area contributed by atoms with Gasteiger partial charge in [0.2, 0.25) is 10.0 Å². The molecule has 0 amide bonds. The van der Waals surface area contributed by atoms with E-state index < -0.39 is 10.0 Å². The SMILES string of the molecule is Cc1ccc(C#N)cc1S(=O)(=O)NC1CCN(Cc2ccc(OC3CC3)cc2)C1. The predicted octanol–water partition coefficient (Wildman–Crippen LogP) is 2.96. The Hall–Kier alpha value is -2.40. The standard InChI is InChI=1S/C22H25N3O3S/c1-16-2-3-18(13-23)12-22(16)29(26,27)24-19-10-11-25(15-19)14-17-4-6-20(7-5-17)28-21-8-9-21/h2-7,12,19,21,24H,8-11,14-15H2,1H3. The number of nitrogens with zero attached hydrogens (tertiary/aromatic N) is 2. The number of likely N-dealkylation sites (tertiary alicyclic amines) is 1. The van der Waals surface area contributed by atoms with Gasteiger partial charge in [0, 0.05) is 25.7 Å². The highest BCUT2D eigenvalue weighted by Gasteiger charge is 2.28. The number of sulfonamides is 1. The number of nitriles is 1. The fourth-order valence-electron chi connectivity index (χ4n) is 3.62. The van der Waals surface area contributed by atoms with Crippen LogP contribution in [0.15, 0.2) is 47.4 Å². The number of hydrogen-bond acceptors (Lipinski definition) is 5. The second-order valence-corrected chi connectivity index (χ2v) is 9.58. The van der Waals surface area contributed by atoms with E-state index in [4.69, 9.17) is 10.00 Å². The molecule has 7 heteroatoms. The van der Waals surface area contributed by atoms with Gasteiger partial charge in [0.05, 0.1) is 22.6 Å². The molecule has 1 atom stereocenters. The summed E-state index contributed by atoms with van der Waals surface area (Å²) < 4.78 is 34.2. The molecular formula is C22H25N3O3S. The van der Waals surface area contributed by atoms with Gasteiger partial charge in [0.1, 0.15) is 5.75 Å². The largest absolute Gasteiger partial charge is 0.490 e. The van der Waals surface area contributed by atoms with Gasteiger partial charge >= 0.3 is 0 Å². The predicted molar refractivity (Wildman–Crippen MR) is 110 cm³/mol. The van der Waals surface area contributed by atoms with Gasteiger partial charge in [-0.1, -0.05) is 18.2 Å². The van der Waals surface area contributed by atoms with Gasteiger partial charge in [-0.2, -0.15) is 5.26 Å². The van der Waals surface area contributed by atoms with Crippen molar-refractivity contribution in [2.75, 3.05) is 13.1 Å². The summed E-state index contributed by atoms with van der Waals surface area (Å²) in [4.78, 5) is 2.43. The van der Waals surface area contributed by atoms with Gasteiger partial charge < -0.3 is 4.74 Å². The van der Waals surface area contributed by atoms with Crippen molar-refractivity contribution in [3.05, 3.63) is 59.2 Å². The van der Waals surface area contributed by atoms with Crippen molar-refractivity contribution in [3.63, 3.8) is 0 Å². The zero-order valence-corrected chi connectivity index (χ0v) is 17.3. The zero-order chi connectivity index (χ0) is 20.4. The molecule has 2 aromatic rings. The van der Waals surface area contributed by atoms with Crippen LogP contribution in [0.4, 0.5) is 0 Å². The Morgan fingerprint density at radius 2 is 1.93 bits per heavy atom. The van der Waals surface area contributed by atoms with E-state index >= 15 is 0 Å². The van der Waals surface area contributed by atoms with Crippen LogP contribution in [-0.2, 0) is 16.6 Å². The van der Waals surface area contributed by atoms with Crippen LogP contribution >= 0.6 is 0 Å². The van der Waals surface area contributed by atoms with Gasteiger partial charge in [-0.25, -0.2) is 13.1 Å². The van der Waals surface area contributed by atoms with Crippen molar-refractivity contribution in [1.29, 1.82) is 5.26 Å². The lowest BCUT2D eigenvalue weighted by molar-refractivity contribution is 0.302. The zero-order valence-electron chi connectivity index (χ0n) is 16.5. The van der Waals surface area contributed by atoms with Crippen molar-refractivity contribution in [2.24, 2.45) is 0 Å². The lowest BCUT2D eigenvalue weighted by atomic mass is 10.2. The highest BCUT2D eigenvalue weighted by Crippen LogP contribution is 2.27. The molecule has 1 unspecified atom stereocenters. The molecule has 0 aromatic heterocycles. The highest BCUT2D eigenvalue weighted by atomic mass is 32.2. The molecule has 2 aromatic carbocycles. The molecule has 0 spiro atoms. The number of ether oxygens (including phenoxy) is 1. The number of hydrogen-bond donors (Lipinski definition) is 1. The molecule has 6 nitrogen and oxygen atoms in total. The van der Waals surface area contributed by atoms with Crippen molar-refractivity contribution in [1.82, 2.24) is 9.62 Å². The Labute approximate surface area is 172 Å². The van der Waals surface area contributed by atoms with E-state index in [2.05, 4.69) is 21.8 Å². The molecule has 1 heterocycles. The Morgan fingerprint density at radius 1 is 1.17 bits per heavy atom. The van der Waals surface area contributed by atoms with Crippen molar-refractivity contribution >= 4 is 10.0 Å². The molecule has 1 saturated carbocycles. The first-order chi connectivity index (χ1) is 13.9. The molecule has 152 valence electrons. The minimum Gasteiger partial charge on any atom is -0.490 e. The monoisotopic (exact) mass is 411 g/mol. The summed E-state index contributed by atoms with van der Waals surface area (Å²) in [5, 5.41) is 9.06. The van der Waals surface area contributed by atoms with Crippen molar-refractivity contribution < 1.29 is 13.2 Å². The fourth-order valence-corrected chi connectivity index (χ4v) is 5.16. The number of benzene rings is 2. The third-order valence-corrected chi connectivity index (χ3v) is 7.02. The summed E-state index contributed by atoms with van der Waals surface area (Å²) in [7, 11) is -3.66. The van der Waals surface area contributed by atoms with Crippen LogP contribution in [0.25, 0.3) is 0 Å². The molecule has 1 aliphatic carbocycles. The maximum atomic E-state index is 12.8. The van der Waals surface area contributed by atoms with E-state index in [-0.39, 0.29) is 10.9 Å².